The zero-order valence-corrected chi connectivity index (χ0v) is 6.86. The van der Waals surface area contributed by atoms with Gasteiger partial charge in [-0.3, -0.25) is 0 Å². The van der Waals surface area contributed by atoms with Gasteiger partial charge in [0.2, 0.25) is 0 Å². The van der Waals surface area contributed by atoms with E-state index < -0.39 is 0 Å². The predicted octanol–water partition coefficient (Wildman–Crippen LogP) is 2.90. The van der Waals surface area contributed by atoms with E-state index in [-0.39, 0.29) is 0 Å². The van der Waals surface area contributed by atoms with Gasteiger partial charge in [0.25, 0.3) is 0 Å². The zero-order valence-electron chi connectivity index (χ0n) is 5.96. The van der Waals surface area contributed by atoms with Crippen LogP contribution >= 0.6 is 12.6 Å². The molecule has 0 heterocycles. The van der Waals surface area contributed by atoms with Gasteiger partial charge in [-0.15, -0.1) is 12.6 Å². The van der Waals surface area contributed by atoms with Crippen LogP contribution in [-0.2, 0) is 0 Å². The first-order valence-corrected chi connectivity index (χ1v) is 3.60. The summed E-state index contributed by atoms with van der Waals surface area (Å²) >= 11 is 4.14. The summed E-state index contributed by atoms with van der Waals surface area (Å²) in [4.78, 5) is 0.823. The van der Waals surface area contributed by atoms with Gasteiger partial charge in [0.05, 0.1) is 0 Å². The second kappa shape index (κ2) is 2.93. The highest BCUT2D eigenvalue weighted by Crippen LogP contribution is 2.15. The number of hydrogen-bond donors (Lipinski definition) is 1. The van der Waals surface area contributed by atoms with Crippen LogP contribution in [0.3, 0.4) is 0 Å². The highest BCUT2D eigenvalue weighted by Gasteiger charge is 1.91. The van der Waals surface area contributed by atoms with Crippen LogP contribution in [0.1, 0.15) is 11.1 Å². The Labute approximate surface area is 67.0 Å². The van der Waals surface area contributed by atoms with Gasteiger partial charge in [-0.05, 0) is 12.5 Å². The molecule has 0 aliphatic heterocycles. The van der Waals surface area contributed by atoms with Crippen LogP contribution in [0.5, 0.6) is 0 Å². The van der Waals surface area contributed by atoms with Crippen molar-refractivity contribution < 1.29 is 0 Å². The lowest BCUT2D eigenvalue weighted by molar-refractivity contribution is 1.46. The number of thiol groups is 1. The van der Waals surface area contributed by atoms with Gasteiger partial charge in [-0.1, -0.05) is 36.4 Å². The maximum atomic E-state index is 4.14. The number of aryl methyl sites for hydroxylation is 1. The molecule has 0 amide bonds. The molecule has 0 spiro atoms. The average Bonchev–Trinajstić information content (AvgIpc) is 1.88. The first-order chi connectivity index (χ1) is 4.70. The standard InChI is InChI=1S/C9H10S/c1-7-4-3-5-9(6-7)8(2)10/h3-6,10H,2H2,1H3. The molecule has 0 radical (unpaired) electrons. The second-order valence-electron chi connectivity index (χ2n) is 2.32. The summed E-state index contributed by atoms with van der Waals surface area (Å²) < 4.78 is 0. The molecule has 0 saturated carbocycles. The van der Waals surface area contributed by atoms with E-state index in [1.165, 1.54) is 5.56 Å². The van der Waals surface area contributed by atoms with Crippen molar-refractivity contribution in [2.75, 3.05) is 0 Å². The molecule has 0 unspecified atom stereocenters. The van der Waals surface area contributed by atoms with Gasteiger partial charge in [-0.2, -0.15) is 0 Å². The van der Waals surface area contributed by atoms with Crippen molar-refractivity contribution in [3.63, 3.8) is 0 Å². The van der Waals surface area contributed by atoms with Crippen molar-refractivity contribution in [3.05, 3.63) is 42.0 Å². The van der Waals surface area contributed by atoms with Crippen LogP contribution < -0.4 is 0 Å². The van der Waals surface area contributed by atoms with Gasteiger partial charge in [-0.25, -0.2) is 0 Å². The molecule has 10 heavy (non-hydrogen) atoms. The molecule has 0 aliphatic carbocycles. The Hall–Kier alpha value is -0.690. The van der Waals surface area contributed by atoms with Crippen molar-refractivity contribution >= 4 is 17.5 Å². The fourth-order valence-corrected chi connectivity index (χ4v) is 0.964. The van der Waals surface area contributed by atoms with E-state index in [9.17, 15) is 0 Å². The summed E-state index contributed by atoms with van der Waals surface area (Å²) in [6.07, 6.45) is 0. The Morgan fingerprint density at radius 2 is 2.20 bits per heavy atom. The van der Waals surface area contributed by atoms with Crippen LogP contribution in [0.2, 0.25) is 0 Å². The summed E-state index contributed by atoms with van der Waals surface area (Å²) in [7, 11) is 0. The third-order valence-corrected chi connectivity index (χ3v) is 1.61. The van der Waals surface area contributed by atoms with Crippen LogP contribution in [0.4, 0.5) is 0 Å². The average molecular weight is 150 g/mol. The van der Waals surface area contributed by atoms with E-state index in [1.54, 1.807) is 0 Å². The van der Waals surface area contributed by atoms with Gasteiger partial charge in [0, 0.05) is 4.91 Å². The van der Waals surface area contributed by atoms with Gasteiger partial charge in [0.15, 0.2) is 0 Å². The minimum Gasteiger partial charge on any atom is -0.143 e. The smallest absolute Gasteiger partial charge is 0.00406 e. The third-order valence-electron chi connectivity index (χ3n) is 1.35. The Morgan fingerprint density at radius 1 is 1.50 bits per heavy atom. The molecule has 0 N–H and O–H groups in total. The molecule has 52 valence electrons. The number of hydrogen-bond acceptors (Lipinski definition) is 1. The monoisotopic (exact) mass is 150 g/mol. The normalized spacial score (nSPS) is 9.40. The molecule has 1 aromatic carbocycles. The Bertz CT molecular complexity index is 251. The maximum Gasteiger partial charge on any atom is 0.00406 e. The second-order valence-corrected chi connectivity index (χ2v) is 2.86. The van der Waals surface area contributed by atoms with Crippen LogP contribution in [0.25, 0.3) is 4.91 Å². The molecule has 1 heteroatoms. The summed E-state index contributed by atoms with van der Waals surface area (Å²) in [5.74, 6) is 0. The molecule has 0 aliphatic rings. The highest BCUT2D eigenvalue weighted by molar-refractivity contribution is 7.90. The van der Waals surface area contributed by atoms with Crippen LogP contribution in [-0.4, -0.2) is 0 Å². The third kappa shape index (κ3) is 1.64. The quantitative estimate of drug-likeness (QED) is 0.585. The summed E-state index contributed by atoms with van der Waals surface area (Å²) in [6, 6.07) is 8.13. The first-order valence-electron chi connectivity index (χ1n) is 3.15. The Kier molecular flexibility index (Phi) is 2.17. The fraction of sp³-hybridized carbons (Fsp3) is 0.111. The lowest BCUT2D eigenvalue weighted by Gasteiger charge is -1.98. The molecule has 0 saturated heterocycles. The molecule has 0 aromatic heterocycles. The van der Waals surface area contributed by atoms with E-state index in [2.05, 4.69) is 38.3 Å². The van der Waals surface area contributed by atoms with Gasteiger partial charge < -0.3 is 0 Å². The Morgan fingerprint density at radius 3 is 2.60 bits per heavy atom. The largest absolute Gasteiger partial charge is 0.143 e. The van der Waals surface area contributed by atoms with Crippen molar-refractivity contribution in [1.82, 2.24) is 0 Å². The van der Waals surface area contributed by atoms with Gasteiger partial charge in [0.1, 0.15) is 0 Å². The molecular weight excluding hydrogens is 140 g/mol. The number of benzene rings is 1. The zero-order chi connectivity index (χ0) is 7.56. The predicted molar refractivity (Wildman–Crippen MR) is 49.2 cm³/mol. The fourth-order valence-electron chi connectivity index (χ4n) is 0.825. The van der Waals surface area contributed by atoms with Crippen molar-refractivity contribution in [3.8, 4) is 0 Å². The summed E-state index contributed by atoms with van der Waals surface area (Å²) in [5.41, 5.74) is 2.34. The van der Waals surface area contributed by atoms with Crippen molar-refractivity contribution in [2.24, 2.45) is 0 Å². The Balaban J connectivity index is 3.07. The molecule has 0 atom stereocenters. The van der Waals surface area contributed by atoms with Crippen LogP contribution in [0.15, 0.2) is 30.8 Å². The molecule has 0 bridgehead atoms. The molecule has 1 aromatic rings. The molecular formula is C9H10S. The van der Waals surface area contributed by atoms with E-state index in [0.29, 0.717) is 0 Å². The minimum atomic E-state index is 0.823. The SMILES string of the molecule is C=C(S)c1cccc(C)c1. The van der Waals surface area contributed by atoms with Crippen molar-refractivity contribution in [1.29, 1.82) is 0 Å². The number of rotatable bonds is 1. The van der Waals surface area contributed by atoms with E-state index in [0.717, 1.165) is 10.5 Å². The minimum absolute atomic E-state index is 0.823. The summed E-state index contributed by atoms with van der Waals surface area (Å²) in [5, 5.41) is 0. The molecule has 1 rings (SSSR count). The first kappa shape index (κ1) is 7.42. The van der Waals surface area contributed by atoms with Crippen LogP contribution in [0, 0.1) is 6.92 Å². The van der Waals surface area contributed by atoms with E-state index in [4.69, 9.17) is 0 Å². The molecule has 0 nitrogen and oxygen atoms in total. The lowest BCUT2D eigenvalue weighted by Crippen LogP contribution is -1.76. The van der Waals surface area contributed by atoms with Crippen molar-refractivity contribution in [2.45, 2.75) is 6.92 Å². The topological polar surface area (TPSA) is 0 Å². The maximum absolute atomic E-state index is 4.14. The van der Waals surface area contributed by atoms with Gasteiger partial charge >= 0.3 is 0 Å². The lowest BCUT2D eigenvalue weighted by atomic mass is 10.1. The highest BCUT2D eigenvalue weighted by atomic mass is 32.1. The van der Waals surface area contributed by atoms with E-state index >= 15 is 0 Å². The molecule has 0 fully saturated rings. The summed E-state index contributed by atoms with van der Waals surface area (Å²) in [6.45, 7) is 5.79. The van der Waals surface area contributed by atoms with E-state index in [1.807, 2.05) is 12.1 Å².